The highest BCUT2D eigenvalue weighted by molar-refractivity contribution is 14.1. The van der Waals surface area contributed by atoms with E-state index in [1.807, 2.05) is 0 Å². The van der Waals surface area contributed by atoms with Crippen molar-refractivity contribution in [3.63, 3.8) is 0 Å². The standard InChI is InChI=1S/C12H14IN/c1-2-11-10(7-8-13)9-5-3-4-6-12(9)14-11/h3-6,14H,2,7-8H2,1H3. The van der Waals surface area contributed by atoms with E-state index in [4.69, 9.17) is 0 Å². The summed E-state index contributed by atoms with van der Waals surface area (Å²) in [6, 6.07) is 8.58. The van der Waals surface area contributed by atoms with Crippen LogP contribution in [0.25, 0.3) is 10.9 Å². The maximum Gasteiger partial charge on any atom is 0.0458 e. The van der Waals surface area contributed by atoms with Gasteiger partial charge in [-0.15, -0.1) is 0 Å². The third-order valence-electron chi connectivity index (χ3n) is 2.60. The van der Waals surface area contributed by atoms with Gasteiger partial charge in [-0.25, -0.2) is 0 Å². The fourth-order valence-electron chi connectivity index (χ4n) is 1.94. The van der Waals surface area contributed by atoms with Crippen LogP contribution < -0.4 is 0 Å². The van der Waals surface area contributed by atoms with Gasteiger partial charge in [-0.3, -0.25) is 0 Å². The van der Waals surface area contributed by atoms with Crippen molar-refractivity contribution in [2.45, 2.75) is 19.8 Å². The first-order valence-electron chi connectivity index (χ1n) is 5.01. The number of aromatic amines is 1. The summed E-state index contributed by atoms with van der Waals surface area (Å²) < 4.78 is 1.19. The van der Waals surface area contributed by atoms with Crippen molar-refractivity contribution in [3.05, 3.63) is 35.5 Å². The average molecular weight is 299 g/mol. The molecule has 0 bridgehead atoms. The van der Waals surface area contributed by atoms with Crippen LogP contribution in [0, 0.1) is 0 Å². The second-order valence-corrected chi connectivity index (χ2v) is 4.50. The number of fused-ring (bicyclic) bond motifs is 1. The Labute approximate surface area is 98.0 Å². The number of rotatable bonds is 3. The van der Waals surface area contributed by atoms with E-state index in [9.17, 15) is 0 Å². The maximum atomic E-state index is 3.50. The largest absolute Gasteiger partial charge is 0.358 e. The highest BCUT2D eigenvalue weighted by atomic mass is 127. The van der Waals surface area contributed by atoms with E-state index in [1.165, 1.54) is 33.0 Å². The molecule has 0 aliphatic heterocycles. The SMILES string of the molecule is CCc1[nH]c2ccccc2c1CCI. The second kappa shape index (κ2) is 4.34. The quantitative estimate of drug-likeness (QED) is 0.657. The third kappa shape index (κ3) is 1.67. The molecule has 1 heterocycles. The van der Waals surface area contributed by atoms with E-state index >= 15 is 0 Å². The summed E-state index contributed by atoms with van der Waals surface area (Å²) in [6.45, 7) is 2.21. The number of para-hydroxylation sites is 1. The number of aromatic nitrogens is 1. The molecule has 0 unspecified atom stereocenters. The zero-order valence-electron chi connectivity index (χ0n) is 8.31. The van der Waals surface area contributed by atoms with E-state index in [1.54, 1.807) is 0 Å². The summed E-state index contributed by atoms with van der Waals surface area (Å²) in [5.41, 5.74) is 4.20. The van der Waals surface area contributed by atoms with Crippen LogP contribution in [-0.4, -0.2) is 9.41 Å². The molecule has 2 aromatic rings. The van der Waals surface area contributed by atoms with Crippen LogP contribution in [0.4, 0.5) is 0 Å². The van der Waals surface area contributed by atoms with Gasteiger partial charge in [-0.1, -0.05) is 47.7 Å². The van der Waals surface area contributed by atoms with Gasteiger partial charge < -0.3 is 4.98 Å². The Morgan fingerprint density at radius 2 is 2.07 bits per heavy atom. The molecule has 1 aromatic carbocycles. The number of aryl methyl sites for hydroxylation is 2. The van der Waals surface area contributed by atoms with Gasteiger partial charge in [0, 0.05) is 21.0 Å². The number of halogens is 1. The van der Waals surface area contributed by atoms with Crippen LogP contribution in [0.15, 0.2) is 24.3 Å². The highest BCUT2D eigenvalue weighted by Gasteiger charge is 2.07. The Bertz CT molecular complexity index is 431. The molecule has 74 valence electrons. The number of hydrogen-bond donors (Lipinski definition) is 1. The minimum atomic E-state index is 1.10. The zero-order valence-corrected chi connectivity index (χ0v) is 10.5. The zero-order chi connectivity index (χ0) is 9.97. The lowest BCUT2D eigenvalue weighted by atomic mass is 10.1. The molecule has 2 rings (SSSR count). The Kier molecular flexibility index (Phi) is 3.11. The van der Waals surface area contributed by atoms with Crippen LogP contribution in [0.5, 0.6) is 0 Å². The lowest BCUT2D eigenvalue weighted by Crippen LogP contribution is -1.90. The summed E-state index contributed by atoms with van der Waals surface area (Å²) in [6.07, 6.45) is 2.27. The molecule has 0 fully saturated rings. The van der Waals surface area contributed by atoms with Crippen molar-refractivity contribution in [1.29, 1.82) is 0 Å². The number of benzene rings is 1. The molecule has 0 aliphatic rings. The molecule has 0 saturated carbocycles. The molecular formula is C12H14IN. The van der Waals surface area contributed by atoms with E-state index in [0.29, 0.717) is 0 Å². The number of H-pyrrole nitrogens is 1. The third-order valence-corrected chi connectivity index (χ3v) is 3.14. The lowest BCUT2D eigenvalue weighted by molar-refractivity contribution is 1.02. The molecular weight excluding hydrogens is 285 g/mol. The van der Waals surface area contributed by atoms with Crippen LogP contribution >= 0.6 is 22.6 Å². The summed E-state index contributed by atoms with van der Waals surface area (Å²) in [5.74, 6) is 0. The van der Waals surface area contributed by atoms with Crippen LogP contribution in [-0.2, 0) is 12.8 Å². The molecule has 0 saturated heterocycles. The summed E-state index contributed by atoms with van der Waals surface area (Å²) in [5, 5.41) is 1.40. The van der Waals surface area contributed by atoms with Gasteiger partial charge in [0.2, 0.25) is 0 Å². The van der Waals surface area contributed by atoms with Crippen LogP contribution in [0.1, 0.15) is 18.2 Å². The predicted octanol–water partition coefficient (Wildman–Crippen LogP) is 3.71. The van der Waals surface area contributed by atoms with Gasteiger partial charge >= 0.3 is 0 Å². The normalized spacial score (nSPS) is 11.0. The van der Waals surface area contributed by atoms with Crippen molar-refractivity contribution in [2.75, 3.05) is 4.43 Å². The molecule has 0 radical (unpaired) electrons. The van der Waals surface area contributed by atoms with E-state index in [0.717, 1.165) is 6.42 Å². The molecule has 1 nitrogen and oxygen atoms in total. The van der Waals surface area contributed by atoms with E-state index in [-0.39, 0.29) is 0 Å². The van der Waals surface area contributed by atoms with Crippen molar-refractivity contribution in [1.82, 2.24) is 4.98 Å². The van der Waals surface area contributed by atoms with Crippen LogP contribution in [0.2, 0.25) is 0 Å². The molecule has 0 amide bonds. The van der Waals surface area contributed by atoms with Crippen molar-refractivity contribution >= 4 is 33.5 Å². The Balaban J connectivity index is 2.61. The van der Waals surface area contributed by atoms with Crippen molar-refractivity contribution in [2.24, 2.45) is 0 Å². The van der Waals surface area contributed by atoms with E-state index in [2.05, 4.69) is 58.8 Å². The molecule has 0 spiro atoms. The number of nitrogens with one attached hydrogen (secondary N) is 1. The summed E-state index contributed by atoms with van der Waals surface area (Å²) in [7, 11) is 0. The Hall–Kier alpha value is -0.510. The van der Waals surface area contributed by atoms with Gasteiger partial charge in [-0.2, -0.15) is 0 Å². The molecule has 1 N–H and O–H groups in total. The van der Waals surface area contributed by atoms with Crippen molar-refractivity contribution < 1.29 is 0 Å². The Morgan fingerprint density at radius 3 is 2.79 bits per heavy atom. The van der Waals surface area contributed by atoms with Crippen LogP contribution in [0.3, 0.4) is 0 Å². The smallest absolute Gasteiger partial charge is 0.0458 e. The molecule has 2 heteroatoms. The molecule has 1 aromatic heterocycles. The lowest BCUT2D eigenvalue weighted by Gasteiger charge is -1.98. The van der Waals surface area contributed by atoms with Gasteiger partial charge in [0.1, 0.15) is 0 Å². The maximum absolute atomic E-state index is 3.50. The average Bonchev–Trinajstić information content (AvgIpc) is 2.58. The Morgan fingerprint density at radius 1 is 1.29 bits per heavy atom. The monoisotopic (exact) mass is 299 g/mol. The molecule has 0 atom stereocenters. The second-order valence-electron chi connectivity index (χ2n) is 3.42. The first kappa shape index (κ1) is 10.0. The minimum absolute atomic E-state index is 1.10. The topological polar surface area (TPSA) is 15.8 Å². The molecule has 0 aliphatic carbocycles. The summed E-state index contributed by atoms with van der Waals surface area (Å²) in [4.78, 5) is 3.50. The molecule has 14 heavy (non-hydrogen) atoms. The van der Waals surface area contributed by atoms with Gasteiger partial charge in [0.25, 0.3) is 0 Å². The fourth-order valence-corrected chi connectivity index (χ4v) is 2.48. The first-order chi connectivity index (χ1) is 6.86. The minimum Gasteiger partial charge on any atom is -0.358 e. The fraction of sp³-hybridized carbons (Fsp3) is 0.333. The number of hydrogen-bond acceptors (Lipinski definition) is 0. The number of alkyl halides is 1. The first-order valence-corrected chi connectivity index (χ1v) is 6.53. The predicted molar refractivity (Wildman–Crippen MR) is 70.3 cm³/mol. The van der Waals surface area contributed by atoms with Crippen molar-refractivity contribution in [3.8, 4) is 0 Å². The van der Waals surface area contributed by atoms with Gasteiger partial charge in [0.05, 0.1) is 0 Å². The summed E-state index contributed by atoms with van der Waals surface area (Å²) >= 11 is 2.44. The van der Waals surface area contributed by atoms with Gasteiger partial charge in [0.15, 0.2) is 0 Å². The highest BCUT2D eigenvalue weighted by Crippen LogP contribution is 2.23. The van der Waals surface area contributed by atoms with E-state index < -0.39 is 0 Å². The van der Waals surface area contributed by atoms with Gasteiger partial charge in [-0.05, 0) is 24.5 Å².